The van der Waals surface area contributed by atoms with Crippen LogP contribution in [0.4, 0.5) is 22.9 Å². The Morgan fingerprint density at radius 1 is 1.23 bits per heavy atom. The Kier molecular flexibility index (Phi) is 5.52. The highest BCUT2D eigenvalue weighted by Gasteiger charge is 2.20. The van der Waals surface area contributed by atoms with Gasteiger partial charge in [-0.3, -0.25) is 0 Å². The first kappa shape index (κ1) is 21.5. The molecule has 5 heterocycles. The lowest BCUT2D eigenvalue weighted by Crippen LogP contribution is -2.34. The summed E-state index contributed by atoms with van der Waals surface area (Å²) in [5.41, 5.74) is 5.33. The van der Waals surface area contributed by atoms with Gasteiger partial charge in [0.05, 0.1) is 24.2 Å². The van der Waals surface area contributed by atoms with Crippen LogP contribution in [-0.2, 0) is 0 Å². The highest BCUT2D eigenvalue weighted by atomic mass is 16.5. The fourth-order valence-corrected chi connectivity index (χ4v) is 4.88. The van der Waals surface area contributed by atoms with E-state index >= 15 is 0 Å². The summed E-state index contributed by atoms with van der Waals surface area (Å²) in [6, 6.07) is 8.26. The monoisotopic (exact) mass is 471 g/mol. The lowest BCUT2D eigenvalue weighted by atomic mass is 9.99. The van der Waals surface area contributed by atoms with Crippen molar-refractivity contribution in [2.75, 3.05) is 48.9 Å². The van der Waals surface area contributed by atoms with E-state index < -0.39 is 0 Å². The molecule has 0 spiro atoms. The van der Waals surface area contributed by atoms with Crippen LogP contribution >= 0.6 is 0 Å². The third-order valence-electron chi connectivity index (χ3n) is 6.62. The molecule has 0 aliphatic carbocycles. The van der Waals surface area contributed by atoms with Crippen molar-refractivity contribution in [1.29, 1.82) is 0 Å². The summed E-state index contributed by atoms with van der Waals surface area (Å²) < 4.78 is 13.4. The second-order valence-electron chi connectivity index (χ2n) is 9.19. The zero-order chi connectivity index (χ0) is 23.8. The van der Waals surface area contributed by atoms with Gasteiger partial charge in [0.2, 0.25) is 5.88 Å². The molecule has 0 saturated carbocycles. The topological polar surface area (TPSA) is 88.8 Å². The fourth-order valence-electron chi connectivity index (χ4n) is 4.88. The van der Waals surface area contributed by atoms with Crippen molar-refractivity contribution >= 4 is 28.5 Å². The van der Waals surface area contributed by atoms with Gasteiger partial charge in [0.25, 0.3) is 0 Å². The van der Waals surface area contributed by atoms with E-state index in [0.29, 0.717) is 24.2 Å². The number of nitrogens with zero attached hydrogens (tertiary/aromatic N) is 5. The van der Waals surface area contributed by atoms with Gasteiger partial charge in [0.15, 0.2) is 11.5 Å². The summed E-state index contributed by atoms with van der Waals surface area (Å²) in [6.45, 7) is 5.79. The van der Waals surface area contributed by atoms with Gasteiger partial charge in [-0.15, -0.1) is 0 Å². The summed E-state index contributed by atoms with van der Waals surface area (Å²) in [5, 5.41) is 6.80. The Hall–Kier alpha value is -4.01. The summed E-state index contributed by atoms with van der Waals surface area (Å²) in [5.74, 6) is 2.82. The maximum Gasteiger partial charge on any atom is 0.237 e. The minimum Gasteiger partial charge on any atom is -0.495 e. The number of ether oxygens (including phenoxy) is 2. The maximum atomic E-state index is 5.78. The standard InChI is InChI=1S/C26H29N7O2/c1-17-4-3-9-32(15-17)22-6-5-19(13-23(22)34-2)30-24-25-28-7-10-33(25)16-21(31-24)18-12-20-26(29-14-18)35-11-8-27-20/h5-7,10,12-14,16-17,27H,3-4,8-9,11,15H2,1-2H3,(H,30,31)/t17-/m1/s1. The first-order valence-electron chi connectivity index (χ1n) is 12.1. The summed E-state index contributed by atoms with van der Waals surface area (Å²) >= 11 is 0. The van der Waals surface area contributed by atoms with Gasteiger partial charge in [-0.2, -0.15) is 0 Å². The quantitative estimate of drug-likeness (QED) is 0.437. The predicted molar refractivity (Wildman–Crippen MR) is 137 cm³/mol. The third kappa shape index (κ3) is 4.18. The number of fused-ring (bicyclic) bond motifs is 2. The van der Waals surface area contributed by atoms with Crippen molar-refractivity contribution in [3.8, 4) is 22.9 Å². The van der Waals surface area contributed by atoms with E-state index in [1.165, 1.54) is 12.8 Å². The molecule has 1 fully saturated rings. The number of hydrogen-bond acceptors (Lipinski definition) is 8. The molecule has 9 nitrogen and oxygen atoms in total. The molecule has 6 rings (SSSR count). The van der Waals surface area contributed by atoms with Crippen LogP contribution in [0.5, 0.6) is 11.6 Å². The lowest BCUT2D eigenvalue weighted by molar-refractivity contribution is 0.310. The van der Waals surface area contributed by atoms with Gasteiger partial charge >= 0.3 is 0 Å². The Labute approximate surface area is 204 Å². The van der Waals surface area contributed by atoms with Gasteiger partial charge in [-0.25, -0.2) is 15.0 Å². The van der Waals surface area contributed by atoms with Crippen LogP contribution in [0.15, 0.2) is 49.1 Å². The molecule has 2 aliphatic heterocycles. The van der Waals surface area contributed by atoms with Crippen LogP contribution in [0.3, 0.4) is 0 Å². The van der Waals surface area contributed by atoms with E-state index in [9.17, 15) is 0 Å². The lowest BCUT2D eigenvalue weighted by Gasteiger charge is -2.33. The number of imidazole rings is 1. The number of aromatic nitrogens is 4. The smallest absolute Gasteiger partial charge is 0.237 e. The second kappa shape index (κ2) is 8.98. The molecule has 0 radical (unpaired) electrons. The molecule has 0 unspecified atom stereocenters. The molecule has 2 aliphatic rings. The number of anilines is 4. The summed E-state index contributed by atoms with van der Waals surface area (Å²) in [4.78, 5) is 16.3. The molecule has 0 bridgehead atoms. The minimum absolute atomic E-state index is 0.617. The Morgan fingerprint density at radius 2 is 2.17 bits per heavy atom. The number of rotatable bonds is 5. The molecule has 35 heavy (non-hydrogen) atoms. The van der Waals surface area contributed by atoms with Crippen molar-refractivity contribution in [2.24, 2.45) is 5.92 Å². The van der Waals surface area contributed by atoms with Crippen LogP contribution in [0.2, 0.25) is 0 Å². The Balaban J connectivity index is 1.34. The number of pyridine rings is 1. The van der Waals surface area contributed by atoms with Gasteiger partial charge in [-0.1, -0.05) is 6.92 Å². The van der Waals surface area contributed by atoms with E-state index in [1.807, 2.05) is 28.9 Å². The van der Waals surface area contributed by atoms with Crippen LogP contribution in [0, 0.1) is 5.92 Å². The Bertz CT molecular complexity index is 1370. The van der Waals surface area contributed by atoms with E-state index in [-0.39, 0.29) is 0 Å². The number of hydrogen-bond donors (Lipinski definition) is 2. The summed E-state index contributed by atoms with van der Waals surface area (Å²) in [6.07, 6.45) is 9.93. The van der Waals surface area contributed by atoms with E-state index in [1.54, 1.807) is 19.5 Å². The predicted octanol–water partition coefficient (Wildman–Crippen LogP) is 4.58. The van der Waals surface area contributed by atoms with Crippen molar-refractivity contribution in [3.05, 3.63) is 49.1 Å². The van der Waals surface area contributed by atoms with Crippen LogP contribution in [0.1, 0.15) is 19.8 Å². The zero-order valence-corrected chi connectivity index (χ0v) is 20.0. The van der Waals surface area contributed by atoms with Crippen LogP contribution in [-0.4, -0.2) is 52.7 Å². The van der Waals surface area contributed by atoms with E-state index in [2.05, 4.69) is 44.6 Å². The van der Waals surface area contributed by atoms with Crippen LogP contribution < -0.4 is 25.0 Å². The number of methoxy groups -OCH3 is 1. The molecule has 1 atom stereocenters. The normalized spacial score (nSPS) is 17.4. The van der Waals surface area contributed by atoms with Crippen molar-refractivity contribution < 1.29 is 9.47 Å². The molecule has 1 aromatic carbocycles. The van der Waals surface area contributed by atoms with Crippen molar-refractivity contribution in [2.45, 2.75) is 19.8 Å². The average Bonchev–Trinajstić information content (AvgIpc) is 3.37. The SMILES string of the molecule is COc1cc(Nc2nc(-c3cnc4c(c3)NCCO4)cn3ccnc23)ccc1N1CCC[C@@H](C)C1. The van der Waals surface area contributed by atoms with E-state index in [4.69, 9.17) is 14.5 Å². The highest BCUT2D eigenvalue weighted by molar-refractivity contribution is 5.77. The molecule has 9 heteroatoms. The first-order valence-corrected chi connectivity index (χ1v) is 12.1. The molecule has 180 valence electrons. The molecular formula is C26H29N7O2. The first-order chi connectivity index (χ1) is 17.2. The summed E-state index contributed by atoms with van der Waals surface area (Å²) in [7, 11) is 1.72. The molecule has 1 saturated heterocycles. The fraction of sp³-hybridized carbons (Fsp3) is 0.346. The molecule has 4 aromatic rings. The Morgan fingerprint density at radius 3 is 3.06 bits per heavy atom. The zero-order valence-electron chi connectivity index (χ0n) is 20.0. The molecule has 2 N–H and O–H groups in total. The minimum atomic E-state index is 0.617. The largest absolute Gasteiger partial charge is 0.495 e. The van der Waals surface area contributed by atoms with Gasteiger partial charge in [0, 0.05) is 61.7 Å². The van der Waals surface area contributed by atoms with Gasteiger partial charge < -0.3 is 29.4 Å². The second-order valence-corrected chi connectivity index (χ2v) is 9.19. The highest BCUT2D eigenvalue weighted by Crippen LogP contribution is 2.36. The number of piperidine rings is 1. The number of benzene rings is 1. The van der Waals surface area contributed by atoms with Crippen molar-refractivity contribution in [1.82, 2.24) is 19.4 Å². The number of nitrogens with one attached hydrogen (secondary N) is 2. The van der Waals surface area contributed by atoms with Gasteiger partial charge in [-0.05, 0) is 37.0 Å². The third-order valence-corrected chi connectivity index (χ3v) is 6.62. The van der Waals surface area contributed by atoms with Crippen molar-refractivity contribution in [3.63, 3.8) is 0 Å². The van der Waals surface area contributed by atoms with E-state index in [0.717, 1.165) is 59.4 Å². The molecule has 3 aromatic heterocycles. The maximum absolute atomic E-state index is 5.78. The molecular weight excluding hydrogens is 442 g/mol. The molecule has 0 amide bonds. The van der Waals surface area contributed by atoms with Gasteiger partial charge in [0.1, 0.15) is 12.4 Å². The van der Waals surface area contributed by atoms with Crippen LogP contribution in [0.25, 0.3) is 16.9 Å². The average molecular weight is 472 g/mol.